The van der Waals surface area contributed by atoms with Crippen molar-refractivity contribution in [1.29, 1.82) is 0 Å². The summed E-state index contributed by atoms with van der Waals surface area (Å²) in [4.78, 5) is 41.4. The Labute approximate surface area is 176 Å². The number of hydrogen-bond acceptors (Lipinski definition) is 5. The van der Waals surface area contributed by atoms with E-state index in [9.17, 15) is 14.4 Å². The Hall–Kier alpha value is -3.29. The third-order valence-corrected chi connectivity index (χ3v) is 4.55. The zero-order valence-corrected chi connectivity index (χ0v) is 18.0. The van der Waals surface area contributed by atoms with Crippen LogP contribution in [0, 0.1) is 5.92 Å². The van der Waals surface area contributed by atoms with Gasteiger partial charge in [0.1, 0.15) is 11.6 Å². The fourth-order valence-electron chi connectivity index (χ4n) is 3.04. The van der Waals surface area contributed by atoms with Gasteiger partial charge >= 0.3 is 5.69 Å². The highest BCUT2D eigenvalue weighted by Gasteiger charge is 2.22. The lowest BCUT2D eigenvalue weighted by Crippen LogP contribution is -2.41. The van der Waals surface area contributed by atoms with Crippen molar-refractivity contribution in [3.63, 3.8) is 0 Å². The van der Waals surface area contributed by atoms with Gasteiger partial charge in [0.05, 0.1) is 7.11 Å². The van der Waals surface area contributed by atoms with Crippen molar-refractivity contribution >= 4 is 23.5 Å². The van der Waals surface area contributed by atoms with Crippen LogP contribution in [0.3, 0.4) is 0 Å². The maximum absolute atomic E-state index is 13.0. The Kier molecular flexibility index (Phi) is 8.03. The zero-order chi connectivity index (χ0) is 22.3. The number of amides is 1. The van der Waals surface area contributed by atoms with Crippen LogP contribution in [0.25, 0.3) is 6.08 Å². The minimum atomic E-state index is -0.670. The number of hydrogen-bond donors (Lipinski definition) is 2. The number of benzene rings is 1. The van der Waals surface area contributed by atoms with E-state index in [2.05, 4.69) is 4.98 Å². The molecule has 0 saturated heterocycles. The number of nitrogen functional groups attached to an aromatic ring is 1. The van der Waals surface area contributed by atoms with Gasteiger partial charge in [-0.25, -0.2) is 4.79 Å². The average Bonchev–Trinajstić information content (AvgIpc) is 2.71. The number of nitrogens with one attached hydrogen (secondary N) is 1. The van der Waals surface area contributed by atoms with E-state index >= 15 is 0 Å². The summed E-state index contributed by atoms with van der Waals surface area (Å²) in [5, 5.41) is 0. The molecule has 0 spiro atoms. The third-order valence-electron chi connectivity index (χ3n) is 4.55. The summed E-state index contributed by atoms with van der Waals surface area (Å²) in [6, 6.07) is 7.27. The number of carbonyl (C=O) groups is 1. The molecule has 0 radical (unpaired) electrons. The van der Waals surface area contributed by atoms with Crippen LogP contribution >= 0.6 is 0 Å². The van der Waals surface area contributed by atoms with Gasteiger partial charge in [0.15, 0.2) is 5.69 Å². The van der Waals surface area contributed by atoms with E-state index in [1.54, 1.807) is 19.3 Å². The molecule has 162 valence electrons. The van der Waals surface area contributed by atoms with Crippen molar-refractivity contribution in [2.24, 2.45) is 5.92 Å². The molecule has 2 rings (SSSR count). The lowest BCUT2D eigenvalue weighted by atomic mass is 10.2. The molecule has 1 aromatic carbocycles. The highest BCUT2D eigenvalue weighted by atomic mass is 16.5. The van der Waals surface area contributed by atoms with Gasteiger partial charge in [-0.15, -0.1) is 0 Å². The van der Waals surface area contributed by atoms with Gasteiger partial charge in [-0.05, 0) is 36.1 Å². The largest absolute Gasteiger partial charge is 0.497 e. The maximum Gasteiger partial charge on any atom is 0.330 e. The molecule has 0 aliphatic carbocycles. The number of rotatable bonds is 9. The van der Waals surface area contributed by atoms with E-state index in [1.807, 2.05) is 39.0 Å². The zero-order valence-electron chi connectivity index (χ0n) is 18.0. The van der Waals surface area contributed by atoms with Gasteiger partial charge in [-0.3, -0.25) is 19.1 Å². The molecular weight excluding hydrogens is 384 g/mol. The maximum atomic E-state index is 13.0. The number of anilines is 2. The molecule has 1 aromatic heterocycles. The van der Waals surface area contributed by atoms with Crippen molar-refractivity contribution in [1.82, 2.24) is 9.55 Å². The molecule has 0 atom stereocenters. The molecule has 8 nitrogen and oxygen atoms in total. The van der Waals surface area contributed by atoms with Crippen LogP contribution in [0.4, 0.5) is 11.5 Å². The number of nitrogens with two attached hydrogens (primary N) is 1. The van der Waals surface area contributed by atoms with Crippen molar-refractivity contribution in [2.45, 2.75) is 40.2 Å². The van der Waals surface area contributed by atoms with Crippen LogP contribution in [0.1, 0.15) is 39.2 Å². The second-order valence-corrected chi connectivity index (χ2v) is 7.45. The molecule has 0 bridgehead atoms. The summed E-state index contributed by atoms with van der Waals surface area (Å²) >= 11 is 0. The number of methoxy groups -OCH3 is 1. The first-order chi connectivity index (χ1) is 14.3. The van der Waals surface area contributed by atoms with E-state index in [4.69, 9.17) is 10.5 Å². The molecule has 0 fully saturated rings. The number of aromatic amines is 1. The van der Waals surface area contributed by atoms with Crippen molar-refractivity contribution < 1.29 is 9.53 Å². The number of H-pyrrole nitrogens is 1. The Morgan fingerprint density at radius 3 is 2.70 bits per heavy atom. The minimum Gasteiger partial charge on any atom is -0.497 e. The molecule has 2 aromatic rings. The average molecular weight is 415 g/mol. The van der Waals surface area contributed by atoms with Crippen molar-refractivity contribution in [2.75, 3.05) is 24.3 Å². The third kappa shape index (κ3) is 5.62. The van der Waals surface area contributed by atoms with Crippen molar-refractivity contribution in [3.05, 3.63) is 56.7 Å². The summed E-state index contributed by atoms with van der Waals surface area (Å²) < 4.78 is 6.50. The van der Waals surface area contributed by atoms with Crippen LogP contribution in [-0.4, -0.2) is 29.1 Å². The number of ether oxygens (including phenoxy) is 1. The second kappa shape index (κ2) is 10.5. The highest BCUT2D eigenvalue weighted by molar-refractivity contribution is 6.05. The topological polar surface area (TPSA) is 110 Å². The van der Waals surface area contributed by atoms with Crippen LogP contribution in [0.2, 0.25) is 0 Å². The van der Waals surface area contributed by atoms with Gasteiger partial charge in [0.25, 0.3) is 11.5 Å². The molecule has 1 heterocycles. The number of aromatic nitrogens is 2. The molecule has 1 amide bonds. The number of unbranched alkanes of at least 4 members (excludes halogenated alkanes) is 1. The molecule has 3 N–H and O–H groups in total. The van der Waals surface area contributed by atoms with Gasteiger partial charge in [-0.1, -0.05) is 39.3 Å². The van der Waals surface area contributed by atoms with E-state index < -0.39 is 17.2 Å². The van der Waals surface area contributed by atoms with Gasteiger partial charge < -0.3 is 15.4 Å². The van der Waals surface area contributed by atoms with Crippen LogP contribution < -0.4 is 26.6 Å². The summed E-state index contributed by atoms with van der Waals surface area (Å²) in [7, 11) is 1.57. The Bertz CT molecular complexity index is 1020. The number of carbonyl (C=O) groups excluding carboxylic acids is 1. The molecular formula is C22H30N4O4. The lowest BCUT2D eigenvalue weighted by Gasteiger charge is -2.23. The van der Waals surface area contributed by atoms with E-state index in [0.717, 1.165) is 12.0 Å². The number of nitrogens with zero attached hydrogens (tertiary/aromatic N) is 2. The first-order valence-electron chi connectivity index (χ1n) is 10.0. The fraction of sp³-hybridized carbons (Fsp3) is 0.409. The molecule has 0 aliphatic heterocycles. The van der Waals surface area contributed by atoms with Crippen LogP contribution in [0.5, 0.6) is 5.75 Å². The molecule has 30 heavy (non-hydrogen) atoms. The lowest BCUT2D eigenvalue weighted by molar-refractivity contribution is -0.114. The van der Waals surface area contributed by atoms with Crippen molar-refractivity contribution in [3.8, 4) is 5.75 Å². The molecule has 0 aliphatic rings. The highest BCUT2D eigenvalue weighted by Crippen LogP contribution is 2.20. The predicted molar refractivity (Wildman–Crippen MR) is 120 cm³/mol. The Morgan fingerprint density at radius 2 is 2.07 bits per heavy atom. The monoisotopic (exact) mass is 414 g/mol. The quantitative estimate of drug-likeness (QED) is 0.613. The van der Waals surface area contributed by atoms with E-state index in [-0.39, 0.29) is 17.4 Å². The van der Waals surface area contributed by atoms with Gasteiger partial charge in [0, 0.05) is 19.2 Å². The van der Waals surface area contributed by atoms with Gasteiger partial charge in [-0.2, -0.15) is 0 Å². The first-order valence-corrected chi connectivity index (χ1v) is 10.0. The molecule has 0 saturated carbocycles. The summed E-state index contributed by atoms with van der Waals surface area (Å²) in [5.41, 5.74) is 5.73. The molecule has 0 unspecified atom stereocenters. The normalized spacial score (nSPS) is 11.2. The second-order valence-electron chi connectivity index (χ2n) is 7.45. The minimum absolute atomic E-state index is 0.00307. The summed E-state index contributed by atoms with van der Waals surface area (Å²) in [6.45, 7) is 6.51. The Balaban J connectivity index is 2.46. The molecule has 8 heteroatoms. The van der Waals surface area contributed by atoms with Gasteiger partial charge in [0.2, 0.25) is 0 Å². The van der Waals surface area contributed by atoms with Crippen LogP contribution in [0.15, 0.2) is 39.9 Å². The Morgan fingerprint density at radius 1 is 1.33 bits per heavy atom. The summed E-state index contributed by atoms with van der Waals surface area (Å²) in [6.07, 6.45) is 4.55. The van der Waals surface area contributed by atoms with Crippen LogP contribution in [-0.2, 0) is 11.3 Å². The smallest absolute Gasteiger partial charge is 0.330 e. The van der Waals surface area contributed by atoms with E-state index in [0.29, 0.717) is 25.3 Å². The predicted octanol–water partition coefficient (Wildman–Crippen LogP) is 2.63. The van der Waals surface area contributed by atoms with E-state index in [1.165, 1.54) is 15.5 Å². The fourth-order valence-corrected chi connectivity index (χ4v) is 3.04. The SMILES string of the molecule is CCCCN(C(=O)/C=C/c1cccc(OC)c1)c1c(N)n(CC(C)C)c(=O)[nH]c1=O. The standard InChI is InChI=1S/C22H30N4O4/c1-5-6-12-25(18(27)11-10-16-8-7-9-17(13-16)30-4)19-20(23)26(14-15(2)3)22(29)24-21(19)28/h7-11,13,15H,5-6,12,14,23H2,1-4H3,(H,24,28,29)/b11-10+. The summed E-state index contributed by atoms with van der Waals surface area (Å²) in [5.74, 6) is 0.417. The first kappa shape index (κ1) is 23.0.